The molecule has 0 spiro atoms. The summed E-state index contributed by atoms with van der Waals surface area (Å²) in [4.78, 5) is 0. The topological polar surface area (TPSA) is 21.3 Å². The highest BCUT2D eigenvalue weighted by molar-refractivity contribution is 5.00. The molecule has 0 bridgehead atoms. The van der Waals surface area contributed by atoms with Crippen LogP contribution in [0.15, 0.2) is 12.2 Å². The van der Waals surface area contributed by atoms with Crippen LogP contribution in [0.25, 0.3) is 0 Å². The highest BCUT2D eigenvalue weighted by Gasteiger charge is 2.35. The summed E-state index contributed by atoms with van der Waals surface area (Å²) in [5.41, 5.74) is 0.115. The van der Waals surface area contributed by atoms with Gasteiger partial charge in [0.05, 0.1) is 5.60 Å². The number of hydrogen-bond donors (Lipinski definition) is 1. The lowest BCUT2D eigenvalue weighted by molar-refractivity contribution is -0.0482. The first-order valence-electron chi connectivity index (χ1n) is 4.74. The summed E-state index contributed by atoms with van der Waals surface area (Å²) in [6.07, 6.45) is 7.96. The fraction of sp³-hybridized carbons (Fsp3) is 0.800. The third-order valence-corrected chi connectivity index (χ3v) is 2.44. The zero-order chi connectivity index (χ0) is 8.86. The number of methoxy groups -OCH3 is 1. The lowest BCUT2D eigenvalue weighted by Crippen LogP contribution is -2.60. The van der Waals surface area contributed by atoms with Crippen molar-refractivity contribution in [2.45, 2.75) is 31.8 Å². The summed E-state index contributed by atoms with van der Waals surface area (Å²) in [5.74, 6) is 0. The van der Waals surface area contributed by atoms with Crippen molar-refractivity contribution in [2.24, 2.45) is 0 Å². The van der Waals surface area contributed by atoms with Crippen LogP contribution in [0.2, 0.25) is 0 Å². The van der Waals surface area contributed by atoms with Gasteiger partial charge in [0, 0.05) is 20.2 Å². The molecule has 0 aromatic rings. The highest BCUT2D eigenvalue weighted by atomic mass is 16.5. The summed E-state index contributed by atoms with van der Waals surface area (Å²) in [7, 11) is 1.80. The van der Waals surface area contributed by atoms with E-state index in [2.05, 4.69) is 24.4 Å². The number of nitrogens with one attached hydrogen (secondary N) is 1. The van der Waals surface area contributed by atoms with E-state index in [4.69, 9.17) is 4.74 Å². The molecule has 1 saturated heterocycles. The Hall–Kier alpha value is -0.340. The first-order chi connectivity index (χ1) is 5.83. The maximum atomic E-state index is 5.44. The molecule has 1 fully saturated rings. The number of rotatable bonds is 5. The normalized spacial score (nSPS) is 21.2. The monoisotopic (exact) mass is 169 g/mol. The molecule has 0 aromatic heterocycles. The quantitative estimate of drug-likeness (QED) is 0.633. The van der Waals surface area contributed by atoms with Crippen molar-refractivity contribution < 1.29 is 4.74 Å². The van der Waals surface area contributed by atoms with Gasteiger partial charge < -0.3 is 10.1 Å². The van der Waals surface area contributed by atoms with E-state index in [1.807, 2.05) is 0 Å². The predicted octanol–water partition coefficient (Wildman–Crippen LogP) is 1.72. The Labute approximate surface area is 75.0 Å². The van der Waals surface area contributed by atoms with Crippen molar-refractivity contribution in [2.75, 3.05) is 20.2 Å². The van der Waals surface area contributed by atoms with Gasteiger partial charge in [-0.05, 0) is 12.8 Å². The molecule has 2 heteroatoms. The lowest BCUT2D eigenvalue weighted by Gasteiger charge is -2.40. The van der Waals surface area contributed by atoms with Crippen LogP contribution in [-0.2, 0) is 4.74 Å². The summed E-state index contributed by atoms with van der Waals surface area (Å²) >= 11 is 0. The van der Waals surface area contributed by atoms with E-state index in [0.29, 0.717) is 0 Å². The Balaban J connectivity index is 2.19. The Bertz CT molecular complexity index is 144. The molecule has 0 atom stereocenters. The Morgan fingerprint density at radius 1 is 1.42 bits per heavy atom. The molecule has 1 aliphatic rings. The van der Waals surface area contributed by atoms with E-state index in [-0.39, 0.29) is 5.60 Å². The number of ether oxygens (including phenoxy) is 1. The van der Waals surface area contributed by atoms with Gasteiger partial charge in [-0.25, -0.2) is 0 Å². The predicted molar refractivity (Wildman–Crippen MR) is 51.3 cm³/mol. The van der Waals surface area contributed by atoms with Gasteiger partial charge in [0.25, 0.3) is 0 Å². The molecule has 0 aliphatic carbocycles. The summed E-state index contributed by atoms with van der Waals surface area (Å²) in [6, 6.07) is 0. The molecule has 1 heterocycles. The van der Waals surface area contributed by atoms with Gasteiger partial charge in [-0.1, -0.05) is 25.5 Å². The van der Waals surface area contributed by atoms with Crippen molar-refractivity contribution in [3.63, 3.8) is 0 Å². The second-order valence-corrected chi connectivity index (χ2v) is 3.45. The van der Waals surface area contributed by atoms with Crippen LogP contribution in [-0.4, -0.2) is 25.8 Å². The van der Waals surface area contributed by atoms with Crippen molar-refractivity contribution >= 4 is 0 Å². The molecule has 0 saturated carbocycles. The van der Waals surface area contributed by atoms with Gasteiger partial charge in [0.1, 0.15) is 0 Å². The highest BCUT2D eigenvalue weighted by Crippen LogP contribution is 2.20. The molecule has 1 rings (SSSR count). The lowest BCUT2D eigenvalue weighted by atomic mass is 9.92. The molecule has 1 aliphatic heterocycles. The zero-order valence-electron chi connectivity index (χ0n) is 8.10. The van der Waals surface area contributed by atoms with Crippen LogP contribution in [0.1, 0.15) is 26.2 Å². The fourth-order valence-corrected chi connectivity index (χ4v) is 1.36. The summed E-state index contributed by atoms with van der Waals surface area (Å²) in [5, 5.41) is 3.23. The van der Waals surface area contributed by atoms with E-state index in [1.165, 1.54) is 12.8 Å². The van der Waals surface area contributed by atoms with Crippen molar-refractivity contribution in [3.8, 4) is 0 Å². The fourth-order valence-electron chi connectivity index (χ4n) is 1.36. The molecule has 2 nitrogen and oxygen atoms in total. The minimum Gasteiger partial charge on any atom is -0.375 e. The molecular weight excluding hydrogens is 150 g/mol. The molecule has 0 radical (unpaired) electrons. The van der Waals surface area contributed by atoms with Gasteiger partial charge in [-0.15, -0.1) is 0 Å². The molecule has 0 aromatic carbocycles. The Morgan fingerprint density at radius 3 is 2.58 bits per heavy atom. The zero-order valence-corrected chi connectivity index (χ0v) is 8.10. The minimum absolute atomic E-state index is 0.115. The summed E-state index contributed by atoms with van der Waals surface area (Å²) in [6.45, 7) is 4.20. The minimum atomic E-state index is 0.115. The SMILES string of the molecule is CCC/C=C/CC1(OC)CNC1. The van der Waals surface area contributed by atoms with E-state index < -0.39 is 0 Å². The van der Waals surface area contributed by atoms with Gasteiger partial charge in [0.15, 0.2) is 0 Å². The first kappa shape index (κ1) is 9.75. The third-order valence-electron chi connectivity index (χ3n) is 2.44. The standard InChI is InChI=1S/C10H19NO/c1-3-4-5-6-7-10(12-2)8-11-9-10/h5-6,11H,3-4,7-9H2,1-2H3/b6-5+. The molecular formula is C10H19NO. The number of allylic oxidation sites excluding steroid dienone is 1. The summed E-state index contributed by atoms with van der Waals surface area (Å²) < 4.78 is 5.44. The Morgan fingerprint density at radius 2 is 2.17 bits per heavy atom. The molecule has 12 heavy (non-hydrogen) atoms. The maximum absolute atomic E-state index is 5.44. The van der Waals surface area contributed by atoms with Crippen LogP contribution in [0, 0.1) is 0 Å². The molecule has 0 amide bonds. The average molecular weight is 169 g/mol. The van der Waals surface area contributed by atoms with Crippen molar-refractivity contribution in [3.05, 3.63) is 12.2 Å². The maximum Gasteiger partial charge on any atom is 0.0960 e. The van der Waals surface area contributed by atoms with Gasteiger partial charge in [0.2, 0.25) is 0 Å². The second kappa shape index (κ2) is 4.63. The number of unbranched alkanes of at least 4 members (excludes halogenated alkanes) is 1. The van der Waals surface area contributed by atoms with Gasteiger partial charge in [-0.3, -0.25) is 0 Å². The van der Waals surface area contributed by atoms with Gasteiger partial charge in [-0.2, -0.15) is 0 Å². The average Bonchev–Trinajstić information content (AvgIpc) is 2.02. The van der Waals surface area contributed by atoms with Crippen LogP contribution in [0.3, 0.4) is 0 Å². The molecule has 1 N–H and O–H groups in total. The van der Waals surface area contributed by atoms with E-state index in [1.54, 1.807) is 7.11 Å². The smallest absolute Gasteiger partial charge is 0.0960 e. The van der Waals surface area contributed by atoms with Crippen LogP contribution >= 0.6 is 0 Å². The second-order valence-electron chi connectivity index (χ2n) is 3.45. The Kier molecular flexibility index (Phi) is 3.76. The van der Waals surface area contributed by atoms with Crippen LogP contribution < -0.4 is 5.32 Å². The van der Waals surface area contributed by atoms with Crippen LogP contribution in [0.4, 0.5) is 0 Å². The molecule has 70 valence electrons. The molecule has 0 unspecified atom stereocenters. The van der Waals surface area contributed by atoms with E-state index >= 15 is 0 Å². The van der Waals surface area contributed by atoms with Crippen LogP contribution in [0.5, 0.6) is 0 Å². The van der Waals surface area contributed by atoms with Gasteiger partial charge >= 0.3 is 0 Å². The third kappa shape index (κ3) is 2.32. The van der Waals surface area contributed by atoms with E-state index in [0.717, 1.165) is 19.5 Å². The first-order valence-corrected chi connectivity index (χ1v) is 4.74. The number of hydrogen-bond acceptors (Lipinski definition) is 2. The largest absolute Gasteiger partial charge is 0.375 e. The van der Waals surface area contributed by atoms with Crippen molar-refractivity contribution in [1.29, 1.82) is 0 Å². The van der Waals surface area contributed by atoms with E-state index in [9.17, 15) is 0 Å². The van der Waals surface area contributed by atoms with Crippen molar-refractivity contribution in [1.82, 2.24) is 5.32 Å².